The van der Waals surface area contributed by atoms with Crippen LogP contribution in [0.25, 0.3) is 0 Å². The van der Waals surface area contributed by atoms with Crippen molar-refractivity contribution >= 4 is 23.1 Å². The van der Waals surface area contributed by atoms with Gasteiger partial charge in [-0.25, -0.2) is 0 Å². The van der Waals surface area contributed by atoms with Crippen molar-refractivity contribution in [3.8, 4) is 0 Å². The summed E-state index contributed by atoms with van der Waals surface area (Å²) in [6, 6.07) is 0.475. The zero-order valence-corrected chi connectivity index (χ0v) is 9.48. The lowest BCUT2D eigenvalue weighted by Gasteiger charge is -2.21. The van der Waals surface area contributed by atoms with Gasteiger partial charge in [0.05, 0.1) is 11.4 Å². The summed E-state index contributed by atoms with van der Waals surface area (Å²) < 4.78 is 0. The summed E-state index contributed by atoms with van der Waals surface area (Å²) in [5.74, 6) is 0.105. The second kappa shape index (κ2) is 5.29. The highest BCUT2D eigenvalue weighted by molar-refractivity contribution is 7.80. The molecule has 4 heteroatoms. The van der Waals surface area contributed by atoms with Crippen molar-refractivity contribution < 1.29 is 4.79 Å². The Bertz CT molecular complexity index is 226. The van der Waals surface area contributed by atoms with E-state index in [9.17, 15) is 4.79 Å². The molecule has 0 aromatic heterocycles. The van der Waals surface area contributed by atoms with Gasteiger partial charge in [-0.1, -0.05) is 25.6 Å². The van der Waals surface area contributed by atoms with Crippen LogP contribution in [-0.4, -0.2) is 28.4 Å². The van der Waals surface area contributed by atoms with Gasteiger partial charge in [-0.3, -0.25) is 4.79 Å². The molecule has 0 aliphatic heterocycles. The first-order chi connectivity index (χ1) is 6.65. The molecule has 14 heavy (non-hydrogen) atoms. The highest BCUT2D eigenvalue weighted by Crippen LogP contribution is 2.27. The molecule has 0 saturated heterocycles. The van der Waals surface area contributed by atoms with Crippen molar-refractivity contribution in [3.63, 3.8) is 0 Å². The molecule has 0 radical (unpaired) electrons. The maximum absolute atomic E-state index is 11.7. The average molecular weight is 214 g/mol. The number of nitrogens with zero attached hydrogens (tertiary/aromatic N) is 1. The largest absolute Gasteiger partial charge is 0.393 e. The lowest BCUT2D eigenvalue weighted by Crippen LogP contribution is -2.36. The van der Waals surface area contributed by atoms with Crippen LogP contribution in [0.2, 0.25) is 0 Å². The standard InChI is InChI=1S/C10H18N2OS/c1-2-3-6-12(8-4-5-8)10(13)7-9(11)14/h8H,2-7H2,1H3,(H2,11,14). The molecule has 0 aromatic carbocycles. The summed E-state index contributed by atoms with van der Waals surface area (Å²) in [4.78, 5) is 13.9. The van der Waals surface area contributed by atoms with Gasteiger partial charge in [-0.05, 0) is 19.3 Å². The Morgan fingerprint density at radius 2 is 2.21 bits per heavy atom. The number of nitrogens with two attached hydrogens (primary N) is 1. The van der Waals surface area contributed by atoms with E-state index in [-0.39, 0.29) is 12.3 Å². The van der Waals surface area contributed by atoms with Gasteiger partial charge in [0.25, 0.3) is 0 Å². The number of amides is 1. The molecule has 1 fully saturated rings. The van der Waals surface area contributed by atoms with Crippen molar-refractivity contribution in [2.75, 3.05) is 6.54 Å². The Labute approximate surface area is 90.6 Å². The third-order valence-corrected chi connectivity index (χ3v) is 2.53. The molecule has 0 unspecified atom stereocenters. The molecule has 0 spiro atoms. The van der Waals surface area contributed by atoms with Crippen molar-refractivity contribution in [2.45, 2.75) is 45.1 Å². The van der Waals surface area contributed by atoms with E-state index >= 15 is 0 Å². The third-order valence-electron chi connectivity index (χ3n) is 2.39. The SMILES string of the molecule is CCCCN(C(=O)CC(N)=S)C1CC1. The fraction of sp³-hybridized carbons (Fsp3) is 0.800. The van der Waals surface area contributed by atoms with Crippen molar-refractivity contribution in [1.29, 1.82) is 0 Å². The van der Waals surface area contributed by atoms with Gasteiger partial charge < -0.3 is 10.6 Å². The van der Waals surface area contributed by atoms with Crippen LogP contribution in [0.4, 0.5) is 0 Å². The van der Waals surface area contributed by atoms with E-state index < -0.39 is 0 Å². The zero-order chi connectivity index (χ0) is 10.6. The molecule has 0 heterocycles. The van der Waals surface area contributed by atoms with Crippen LogP contribution in [0.1, 0.15) is 39.0 Å². The van der Waals surface area contributed by atoms with Gasteiger partial charge in [0.15, 0.2) is 0 Å². The van der Waals surface area contributed by atoms with Crippen LogP contribution in [0, 0.1) is 0 Å². The number of thiocarbonyl (C=S) groups is 1. The fourth-order valence-corrected chi connectivity index (χ4v) is 1.60. The molecular formula is C10H18N2OS. The first-order valence-corrected chi connectivity index (χ1v) is 5.63. The van der Waals surface area contributed by atoms with Gasteiger partial charge in [0.1, 0.15) is 0 Å². The number of carbonyl (C=O) groups is 1. The molecule has 1 aliphatic carbocycles. The summed E-state index contributed by atoms with van der Waals surface area (Å²) in [6.07, 6.45) is 4.71. The molecule has 1 rings (SSSR count). The Morgan fingerprint density at radius 1 is 1.57 bits per heavy atom. The molecule has 0 atom stereocenters. The number of rotatable bonds is 6. The fourth-order valence-electron chi connectivity index (χ4n) is 1.48. The number of carbonyl (C=O) groups excluding carboxylic acids is 1. The first kappa shape index (κ1) is 11.4. The van der Waals surface area contributed by atoms with Crippen molar-refractivity contribution in [2.24, 2.45) is 5.73 Å². The smallest absolute Gasteiger partial charge is 0.229 e. The Balaban J connectivity index is 2.40. The van der Waals surface area contributed by atoms with Gasteiger partial charge in [-0.2, -0.15) is 0 Å². The molecule has 80 valence electrons. The van der Waals surface area contributed by atoms with E-state index in [1.807, 2.05) is 4.90 Å². The molecule has 2 N–H and O–H groups in total. The van der Waals surface area contributed by atoms with Crippen LogP contribution < -0.4 is 5.73 Å². The highest BCUT2D eigenvalue weighted by atomic mass is 32.1. The minimum Gasteiger partial charge on any atom is -0.393 e. The van der Waals surface area contributed by atoms with Crippen LogP contribution in [-0.2, 0) is 4.79 Å². The third kappa shape index (κ3) is 3.62. The monoisotopic (exact) mass is 214 g/mol. The molecule has 1 amide bonds. The average Bonchev–Trinajstić information content (AvgIpc) is 2.87. The maximum atomic E-state index is 11.7. The summed E-state index contributed by atoms with van der Waals surface area (Å²) in [5, 5.41) is 0. The lowest BCUT2D eigenvalue weighted by molar-refractivity contribution is -0.130. The number of unbranched alkanes of at least 4 members (excludes halogenated alkanes) is 1. The van der Waals surface area contributed by atoms with Crippen LogP contribution in [0.3, 0.4) is 0 Å². The molecule has 1 aliphatic rings. The van der Waals surface area contributed by atoms with Crippen LogP contribution in [0.5, 0.6) is 0 Å². The predicted octanol–water partition coefficient (Wildman–Crippen LogP) is 1.45. The summed E-state index contributed by atoms with van der Waals surface area (Å²) >= 11 is 4.74. The van der Waals surface area contributed by atoms with E-state index in [0.717, 1.165) is 32.2 Å². The Kier molecular flexibility index (Phi) is 4.32. The van der Waals surface area contributed by atoms with Crippen molar-refractivity contribution in [3.05, 3.63) is 0 Å². The van der Waals surface area contributed by atoms with E-state index in [1.165, 1.54) is 0 Å². The topological polar surface area (TPSA) is 46.3 Å². The Morgan fingerprint density at radius 3 is 2.64 bits per heavy atom. The summed E-state index contributed by atoms with van der Waals surface area (Å²) in [7, 11) is 0. The van der Waals surface area contributed by atoms with Gasteiger partial charge in [0, 0.05) is 12.6 Å². The summed E-state index contributed by atoms with van der Waals surface area (Å²) in [6.45, 7) is 2.99. The zero-order valence-electron chi connectivity index (χ0n) is 8.66. The quantitative estimate of drug-likeness (QED) is 0.681. The molecule has 0 aromatic rings. The first-order valence-electron chi connectivity index (χ1n) is 5.23. The van der Waals surface area contributed by atoms with Crippen LogP contribution in [0.15, 0.2) is 0 Å². The second-order valence-electron chi connectivity index (χ2n) is 3.81. The molecule has 0 bridgehead atoms. The van der Waals surface area contributed by atoms with Crippen molar-refractivity contribution in [1.82, 2.24) is 4.90 Å². The van der Waals surface area contributed by atoms with E-state index in [1.54, 1.807) is 0 Å². The van der Waals surface area contributed by atoms with E-state index in [2.05, 4.69) is 6.92 Å². The second-order valence-corrected chi connectivity index (χ2v) is 4.34. The van der Waals surface area contributed by atoms with Crippen LogP contribution >= 0.6 is 12.2 Å². The molecule has 3 nitrogen and oxygen atoms in total. The van der Waals surface area contributed by atoms with E-state index in [4.69, 9.17) is 18.0 Å². The number of hydrogen-bond donors (Lipinski definition) is 1. The predicted molar refractivity (Wildman–Crippen MR) is 61.0 cm³/mol. The normalized spacial score (nSPS) is 15.2. The van der Waals surface area contributed by atoms with E-state index in [0.29, 0.717) is 11.0 Å². The molecular weight excluding hydrogens is 196 g/mol. The lowest BCUT2D eigenvalue weighted by atomic mass is 10.2. The van der Waals surface area contributed by atoms with Gasteiger partial charge in [-0.15, -0.1) is 0 Å². The maximum Gasteiger partial charge on any atom is 0.229 e. The molecule has 1 saturated carbocycles. The summed E-state index contributed by atoms with van der Waals surface area (Å²) in [5.41, 5.74) is 5.36. The highest BCUT2D eigenvalue weighted by Gasteiger charge is 2.31. The Hall–Kier alpha value is -0.640. The minimum atomic E-state index is 0.105. The van der Waals surface area contributed by atoms with Gasteiger partial charge in [0.2, 0.25) is 5.91 Å². The number of hydrogen-bond acceptors (Lipinski definition) is 2. The van der Waals surface area contributed by atoms with Gasteiger partial charge >= 0.3 is 0 Å². The minimum absolute atomic E-state index is 0.105.